The van der Waals surface area contributed by atoms with Crippen LogP contribution in [-0.2, 0) is 11.3 Å². The van der Waals surface area contributed by atoms with E-state index in [1.807, 2.05) is 6.07 Å². The van der Waals surface area contributed by atoms with Crippen LogP contribution in [0.25, 0.3) is 10.4 Å². The van der Waals surface area contributed by atoms with Gasteiger partial charge in [0.15, 0.2) is 0 Å². The van der Waals surface area contributed by atoms with Gasteiger partial charge in [0.1, 0.15) is 0 Å². The van der Waals surface area contributed by atoms with Crippen LogP contribution >= 0.6 is 0 Å². The molecule has 5 nitrogen and oxygen atoms in total. The Morgan fingerprint density at radius 1 is 1.37 bits per heavy atom. The van der Waals surface area contributed by atoms with E-state index in [1.165, 1.54) is 5.56 Å². The molecule has 102 valence electrons. The number of ether oxygens (including phenoxy) is 1. The highest BCUT2D eigenvalue weighted by atomic mass is 16.5. The zero-order chi connectivity index (χ0) is 13.5. The second-order valence-electron chi connectivity index (χ2n) is 5.07. The van der Waals surface area contributed by atoms with Crippen LogP contribution < -0.4 is 0 Å². The van der Waals surface area contributed by atoms with Crippen molar-refractivity contribution in [1.29, 1.82) is 0 Å². The molecule has 2 atom stereocenters. The Morgan fingerprint density at radius 2 is 2.16 bits per heavy atom. The molecule has 0 aromatic heterocycles. The van der Waals surface area contributed by atoms with E-state index in [4.69, 9.17) is 10.3 Å². The number of hydrogen-bond donors (Lipinski definition) is 0. The molecule has 19 heavy (non-hydrogen) atoms. The average molecular weight is 260 g/mol. The second kappa shape index (κ2) is 7.14. The number of azide groups is 1. The molecule has 1 aliphatic heterocycles. The molecule has 5 heteroatoms. The summed E-state index contributed by atoms with van der Waals surface area (Å²) >= 11 is 0. The molecular weight excluding hydrogens is 240 g/mol. The number of rotatable bonds is 5. The maximum absolute atomic E-state index is 8.39. The quantitative estimate of drug-likeness (QED) is 0.464. The van der Waals surface area contributed by atoms with Gasteiger partial charge in [-0.25, -0.2) is 0 Å². The number of hydrogen-bond acceptors (Lipinski definition) is 3. The van der Waals surface area contributed by atoms with Crippen LogP contribution in [0.15, 0.2) is 35.4 Å². The molecule has 1 heterocycles. The Morgan fingerprint density at radius 3 is 2.79 bits per heavy atom. The summed E-state index contributed by atoms with van der Waals surface area (Å²) in [5.41, 5.74) is 9.70. The summed E-state index contributed by atoms with van der Waals surface area (Å²) in [4.78, 5) is 5.11. The van der Waals surface area contributed by atoms with E-state index in [-0.39, 0.29) is 12.1 Å². The molecule has 1 fully saturated rings. The Bertz CT molecular complexity index is 422. The summed E-state index contributed by atoms with van der Waals surface area (Å²) in [7, 11) is 2.11. The van der Waals surface area contributed by atoms with E-state index in [9.17, 15) is 0 Å². The zero-order valence-electron chi connectivity index (χ0n) is 11.3. The molecule has 0 aliphatic carbocycles. The molecule has 1 aromatic carbocycles. The van der Waals surface area contributed by atoms with Crippen molar-refractivity contribution in [2.24, 2.45) is 5.11 Å². The molecule has 0 N–H and O–H groups in total. The van der Waals surface area contributed by atoms with Crippen LogP contribution in [-0.4, -0.2) is 37.2 Å². The fourth-order valence-corrected chi connectivity index (χ4v) is 2.41. The van der Waals surface area contributed by atoms with E-state index in [2.05, 4.69) is 46.2 Å². The predicted molar refractivity (Wildman–Crippen MR) is 74.7 cm³/mol. The first-order valence-electron chi connectivity index (χ1n) is 6.66. The maximum atomic E-state index is 8.39. The molecule has 0 radical (unpaired) electrons. The van der Waals surface area contributed by atoms with Crippen molar-refractivity contribution in [3.05, 3.63) is 46.3 Å². The summed E-state index contributed by atoms with van der Waals surface area (Å²) in [5.74, 6) is 0. The molecule has 1 aromatic rings. The van der Waals surface area contributed by atoms with Crippen molar-refractivity contribution in [2.75, 3.05) is 20.2 Å². The van der Waals surface area contributed by atoms with E-state index in [0.717, 1.165) is 25.9 Å². The molecule has 0 amide bonds. The van der Waals surface area contributed by atoms with Gasteiger partial charge in [-0.1, -0.05) is 35.4 Å². The molecular formula is C14H20N4O. The summed E-state index contributed by atoms with van der Waals surface area (Å²) in [5, 5.41) is 3.71. The van der Waals surface area contributed by atoms with Gasteiger partial charge in [0.25, 0.3) is 0 Å². The molecule has 1 aliphatic rings. The van der Waals surface area contributed by atoms with E-state index in [0.29, 0.717) is 6.61 Å². The highest BCUT2D eigenvalue weighted by Gasteiger charge is 2.21. The zero-order valence-corrected chi connectivity index (χ0v) is 11.3. The molecule has 0 spiro atoms. The van der Waals surface area contributed by atoms with Crippen molar-refractivity contribution in [1.82, 2.24) is 4.90 Å². The van der Waals surface area contributed by atoms with Crippen molar-refractivity contribution >= 4 is 0 Å². The fourth-order valence-electron chi connectivity index (χ4n) is 2.41. The highest BCUT2D eigenvalue weighted by molar-refractivity contribution is 5.14. The van der Waals surface area contributed by atoms with Crippen LogP contribution in [0.2, 0.25) is 0 Å². The summed E-state index contributed by atoms with van der Waals surface area (Å²) in [6.07, 6.45) is 2.13. The Hall–Kier alpha value is -1.55. The lowest BCUT2D eigenvalue weighted by Crippen LogP contribution is -2.36. The molecule has 2 rings (SSSR count). The lowest BCUT2D eigenvalue weighted by atomic mass is 10.1. The molecule has 1 unspecified atom stereocenters. The van der Waals surface area contributed by atoms with Gasteiger partial charge in [0, 0.05) is 18.0 Å². The van der Waals surface area contributed by atoms with Crippen LogP contribution in [0, 0.1) is 0 Å². The largest absolute Gasteiger partial charge is 0.376 e. The first-order valence-corrected chi connectivity index (χ1v) is 6.66. The van der Waals surface area contributed by atoms with Crippen LogP contribution in [0.1, 0.15) is 18.4 Å². The second-order valence-corrected chi connectivity index (χ2v) is 5.07. The summed E-state index contributed by atoms with van der Waals surface area (Å²) in [6.45, 7) is 2.40. The van der Waals surface area contributed by atoms with Crippen LogP contribution in [0.3, 0.4) is 0 Å². The van der Waals surface area contributed by atoms with Crippen molar-refractivity contribution in [3.8, 4) is 0 Å². The van der Waals surface area contributed by atoms with Crippen LogP contribution in [0.4, 0.5) is 0 Å². The Kier molecular flexibility index (Phi) is 5.21. The predicted octanol–water partition coefficient (Wildman–Crippen LogP) is 2.98. The van der Waals surface area contributed by atoms with Gasteiger partial charge >= 0.3 is 0 Å². The molecule has 0 saturated carbocycles. The van der Waals surface area contributed by atoms with Gasteiger partial charge in [-0.3, -0.25) is 4.90 Å². The number of nitrogens with zero attached hydrogens (tertiary/aromatic N) is 4. The van der Waals surface area contributed by atoms with Gasteiger partial charge in [-0.15, -0.1) is 0 Å². The third-order valence-corrected chi connectivity index (χ3v) is 3.37. The average Bonchev–Trinajstić information content (AvgIpc) is 2.42. The lowest BCUT2D eigenvalue weighted by Gasteiger charge is -2.30. The monoisotopic (exact) mass is 260 g/mol. The van der Waals surface area contributed by atoms with Gasteiger partial charge in [0.05, 0.1) is 18.8 Å². The third kappa shape index (κ3) is 4.56. The summed E-state index contributed by atoms with van der Waals surface area (Å²) in [6, 6.07) is 10.4. The minimum absolute atomic E-state index is 0.0145. The van der Waals surface area contributed by atoms with Crippen LogP contribution in [0.5, 0.6) is 0 Å². The van der Waals surface area contributed by atoms with E-state index < -0.39 is 0 Å². The Labute approximate surface area is 113 Å². The maximum Gasteiger partial charge on any atom is 0.0702 e. The Balaban J connectivity index is 1.74. The first-order chi connectivity index (χ1) is 9.28. The fraction of sp³-hybridized carbons (Fsp3) is 0.571. The number of benzene rings is 1. The van der Waals surface area contributed by atoms with E-state index in [1.54, 1.807) is 0 Å². The van der Waals surface area contributed by atoms with E-state index >= 15 is 0 Å². The van der Waals surface area contributed by atoms with Gasteiger partial charge in [0.2, 0.25) is 0 Å². The minimum atomic E-state index is 0.0145. The van der Waals surface area contributed by atoms with Gasteiger partial charge in [-0.2, -0.15) is 0 Å². The first kappa shape index (κ1) is 13.9. The van der Waals surface area contributed by atoms with Crippen molar-refractivity contribution < 1.29 is 4.74 Å². The summed E-state index contributed by atoms with van der Waals surface area (Å²) < 4.78 is 5.74. The van der Waals surface area contributed by atoms with Crippen molar-refractivity contribution in [3.63, 3.8) is 0 Å². The SMILES string of the molecule is CN(Cc1ccccc1)C[C@@H]1CCC(N=[N+]=[N-])CO1. The standard InChI is InChI=1S/C14H20N4O/c1-18(9-12-5-3-2-4-6-12)10-14-8-7-13(11-19-14)16-17-15/h2-6,13-14H,7-11H2,1H3/t13?,14-/m0/s1. The lowest BCUT2D eigenvalue weighted by molar-refractivity contribution is -0.0116. The minimum Gasteiger partial charge on any atom is -0.376 e. The highest BCUT2D eigenvalue weighted by Crippen LogP contribution is 2.17. The molecule has 0 bridgehead atoms. The van der Waals surface area contributed by atoms with Crippen molar-refractivity contribution in [2.45, 2.75) is 31.5 Å². The smallest absolute Gasteiger partial charge is 0.0702 e. The molecule has 1 saturated heterocycles. The third-order valence-electron chi connectivity index (χ3n) is 3.37. The number of likely N-dealkylation sites (N-methyl/N-ethyl adjacent to an activating group) is 1. The van der Waals surface area contributed by atoms with Gasteiger partial charge in [-0.05, 0) is 31.0 Å². The topological polar surface area (TPSA) is 61.2 Å². The van der Waals surface area contributed by atoms with Gasteiger partial charge < -0.3 is 4.74 Å². The normalized spacial score (nSPS) is 23.1.